The van der Waals surface area contributed by atoms with E-state index < -0.39 is 10.0 Å². The highest BCUT2D eigenvalue weighted by Crippen LogP contribution is 2.20. The SMILES string of the molecule is O=C(CCCn1cccn1)NCc1ccc(S(=O)(=O)N2CCCCC2)cc1. The summed E-state index contributed by atoms with van der Waals surface area (Å²) in [6.45, 7) is 2.30. The van der Waals surface area contributed by atoms with Crippen molar-refractivity contribution in [3.8, 4) is 0 Å². The number of carbonyl (C=O) groups is 1. The summed E-state index contributed by atoms with van der Waals surface area (Å²) in [6.07, 6.45) is 7.68. The third kappa shape index (κ3) is 5.40. The molecule has 1 aromatic carbocycles. The average molecular weight is 391 g/mol. The van der Waals surface area contributed by atoms with Gasteiger partial charge in [-0.05, 0) is 43.0 Å². The predicted molar refractivity (Wildman–Crippen MR) is 102 cm³/mol. The molecule has 0 atom stereocenters. The molecule has 1 N–H and O–H groups in total. The lowest BCUT2D eigenvalue weighted by atomic mass is 10.2. The third-order valence-electron chi connectivity index (χ3n) is 4.72. The number of nitrogens with one attached hydrogen (secondary N) is 1. The number of hydrogen-bond donors (Lipinski definition) is 1. The molecule has 146 valence electrons. The van der Waals surface area contributed by atoms with Crippen LogP contribution in [-0.2, 0) is 27.9 Å². The Labute approximate surface area is 160 Å². The fraction of sp³-hybridized carbons (Fsp3) is 0.474. The molecule has 2 aromatic rings. The topological polar surface area (TPSA) is 84.3 Å². The smallest absolute Gasteiger partial charge is 0.243 e. The monoisotopic (exact) mass is 390 g/mol. The molecule has 3 rings (SSSR count). The molecule has 1 saturated heterocycles. The molecule has 0 aliphatic carbocycles. The van der Waals surface area contributed by atoms with Crippen molar-refractivity contribution >= 4 is 15.9 Å². The van der Waals surface area contributed by atoms with Crippen LogP contribution in [0, 0.1) is 0 Å². The summed E-state index contributed by atoms with van der Waals surface area (Å²) >= 11 is 0. The van der Waals surface area contributed by atoms with Crippen molar-refractivity contribution < 1.29 is 13.2 Å². The normalized spacial score (nSPS) is 15.6. The van der Waals surface area contributed by atoms with E-state index in [4.69, 9.17) is 0 Å². The van der Waals surface area contributed by atoms with Crippen molar-refractivity contribution in [2.24, 2.45) is 0 Å². The van der Waals surface area contributed by atoms with E-state index in [1.807, 2.05) is 12.3 Å². The summed E-state index contributed by atoms with van der Waals surface area (Å²) in [7, 11) is -3.41. The molecule has 8 heteroatoms. The van der Waals surface area contributed by atoms with Gasteiger partial charge in [-0.2, -0.15) is 9.40 Å². The number of hydrogen-bond acceptors (Lipinski definition) is 4. The van der Waals surface area contributed by atoms with E-state index in [1.165, 1.54) is 0 Å². The lowest BCUT2D eigenvalue weighted by Crippen LogP contribution is -2.35. The van der Waals surface area contributed by atoms with Crippen LogP contribution in [-0.4, -0.2) is 41.5 Å². The Bertz CT molecular complexity index is 826. The number of rotatable bonds is 8. The minimum atomic E-state index is -3.41. The Hall–Kier alpha value is -2.19. The second kappa shape index (κ2) is 9.14. The fourth-order valence-corrected chi connectivity index (χ4v) is 4.67. The molecular formula is C19H26N4O3S. The Morgan fingerprint density at radius 2 is 1.85 bits per heavy atom. The number of aryl methyl sites for hydroxylation is 1. The van der Waals surface area contributed by atoms with Crippen molar-refractivity contribution in [1.29, 1.82) is 0 Å². The van der Waals surface area contributed by atoms with Crippen LogP contribution in [0.1, 0.15) is 37.7 Å². The molecule has 1 fully saturated rings. The van der Waals surface area contributed by atoms with Crippen molar-refractivity contribution in [3.05, 3.63) is 48.3 Å². The Morgan fingerprint density at radius 3 is 2.52 bits per heavy atom. The quantitative estimate of drug-likeness (QED) is 0.749. The number of amides is 1. The molecule has 0 radical (unpaired) electrons. The van der Waals surface area contributed by atoms with E-state index in [9.17, 15) is 13.2 Å². The van der Waals surface area contributed by atoms with Gasteiger partial charge in [-0.15, -0.1) is 0 Å². The van der Waals surface area contributed by atoms with Gasteiger partial charge in [0.1, 0.15) is 0 Å². The average Bonchev–Trinajstić information content (AvgIpc) is 3.21. The van der Waals surface area contributed by atoms with Crippen molar-refractivity contribution in [2.75, 3.05) is 13.1 Å². The van der Waals surface area contributed by atoms with Gasteiger partial charge in [0, 0.05) is 45.0 Å². The first-order valence-electron chi connectivity index (χ1n) is 9.39. The molecule has 0 saturated carbocycles. The molecule has 0 spiro atoms. The van der Waals surface area contributed by atoms with E-state index in [-0.39, 0.29) is 5.91 Å². The maximum absolute atomic E-state index is 12.6. The summed E-state index contributed by atoms with van der Waals surface area (Å²) in [6, 6.07) is 8.64. The summed E-state index contributed by atoms with van der Waals surface area (Å²) in [4.78, 5) is 12.3. The van der Waals surface area contributed by atoms with Crippen LogP contribution in [0.15, 0.2) is 47.6 Å². The zero-order valence-electron chi connectivity index (χ0n) is 15.4. The summed E-state index contributed by atoms with van der Waals surface area (Å²) < 4.78 is 28.6. The van der Waals surface area contributed by atoms with Crippen molar-refractivity contribution in [3.63, 3.8) is 0 Å². The summed E-state index contributed by atoms with van der Waals surface area (Å²) in [5, 5.41) is 6.97. The van der Waals surface area contributed by atoms with Gasteiger partial charge in [0.15, 0.2) is 0 Å². The number of piperidine rings is 1. The second-order valence-electron chi connectivity index (χ2n) is 6.76. The van der Waals surface area contributed by atoms with Gasteiger partial charge in [-0.3, -0.25) is 9.48 Å². The molecule has 1 aromatic heterocycles. The number of aromatic nitrogens is 2. The van der Waals surface area contributed by atoms with Gasteiger partial charge >= 0.3 is 0 Å². The number of carbonyl (C=O) groups excluding carboxylic acids is 1. The maximum Gasteiger partial charge on any atom is 0.243 e. The molecule has 1 amide bonds. The highest BCUT2D eigenvalue weighted by Gasteiger charge is 2.25. The van der Waals surface area contributed by atoms with Crippen LogP contribution in [0.4, 0.5) is 0 Å². The van der Waals surface area contributed by atoms with Gasteiger partial charge < -0.3 is 5.32 Å². The van der Waals surface area contributed by atoms with Crippen LogP contribution in [0.3, 0.4) is 0 Å². The molecule has 7 nitrogen and oxygen atoms in total. The van der Waals surface area contributed by atoms with E-state index in [2.05, 4.69) is 10.4 Å². The van der Waals surface area contributed by atoms with Crippen LogP contribution in [0.25, 0.3) is 0 Å². The fourth-order valence-electron chi connectivity index (χ4n) is 3.16. The third-order valence-corrected chi connectivity index (χ3v) is 6.63. The number of benzene rings is 1. The van der Waals surface area contributed by atoms with E-state index in [1.54, 1.807) is 39.4 Å². The molecular weight excluding hydrogens is 364 g/mol. The minimum Gasteiger partial charge on any atom is -0.352 e. The summed E-state index contributed by atoms with van der Waals surface area (Å²) in [5.41, 5.74) is 0.882. The van der Waals surface area contributed by atoms with Crippen molar-refractivity contribution in [2.45, 2.75) is 50.1 Å². The Balaban J connectivity index is 1.46. The van der Waals surface area contributed by atoms with Crippen molar-refractivity contribution in [1.82, 2.24) is 19.4 Å². The predicted octanol–water partition coefficient (Wildman–Crippen LogP) is 2.15. The first-order valence-corrected chi connectivity index (χ1v) is 10.8. The molecule has 1 aliphatic heterocycles. The molecule has 2 heterocycles. The van der Waals surface area contributed by atoms with E-state index in [0.717, 1.165) is 31.2 Å². The van der Waals surface area contributed by atoms with Crippen LogP contribution in [0.5, 0.6) is 0 Å². The molecule has 0 unspecified atom stereocenters. The Kier molecular flexibility index (Phi) is 6.63. The molecule has 1 aliphatic rings. The Morgan fingerprint density at radius 1 is 1.11 bits per heavy atom. The van der Waals surface area contributed by atoms with Gasteiger partial charge in [0.05, 0.1) is 4.90 Å². The standard InChI is InChI=1S/C19H26N4O3S/c24-19(6-4-12-22-13-5-11-21-22)20-16-17-7-9-18(10-8-17)27(25,26)23-14-2-1-3-15-23/h5,7-11,13H,1-4,6,12,14-16H2,(H,20,24). The zero-order valence-corrected chi connectivity index (χ0v) is 16.2. The van der Waals surface area contributed by atoms with Gasteiger partial charge in [-0.1, -0.05) is 18.6 Å². The zero-order chi connectivity index (χ0) is 19.1. The number of nitrogens with zero attached hydrogens (tertiary/aromatic N) is 3. The van der Waals surface area contributed by atoms with Crippen LogP contribution < -0.4 is 5.32 Å². The van der Waals surface area contributed by atoms with E-state index >= 15 is 0 Å². The van der Waals surface area contributed by atoms with Gasteiger partial charge in [0.2, 0.25) is 15.9 Å². The van der Waals surface area contributed by atoms with E-state index in [0.29, 0.717) is 37.5 Å². The largest absolute Gasteiger partial charge is 0.352 e. The number of sulfonamides is 1. The first-order chi connectivity index (χ1) is 13.1. The minimum absolute atomic E-state index is 0.0211. The lowest BCUT2D eigenvalue weighted by molar-refractivity contribution is -0.121. The molecule has 27 heavy (non-hydrogen) atoms. The van der Waals surface area contributed by atoms with Gasteiger partial charge in [-0.25, -0.2) is 8.42 Å². The lowest BCUT2D eigenvalue weighted by Gasteiger charge is -2.25. The highest BCUT2D eigenvalue weighted by molar-refractivity contribution is 7.89. The van der Waals surface area contributed by atoms with Crippen LogP contribution in [0.2, 0.25) is 0 Å². The second-order valence-corrected chi connectivity index (χ2v) is 8.70. The van der Waals surface area contributed by atoms with Gasteiger partial charge in [0.25, 0.3) is 0 Å². The molecule has 0 bridgehead atoms. The maximum atomic E-state index is 12.6. The highest BCUT2D eigenvalue weighted by atomic mass is 32.2. The van der Waals surface area contributed by atoms with Crippen LogP contribution >= 0.6 is 0 Å². The first kappa shape index (κ1) is 19.6. The summed E-state index contributed by atoms with van der Waals surface area (Å²) in [5.74, 6) is -0.0211.